The third kappa shape index (κ3) is 7.05. The van der Waals surface area contributed by atoms with Gasteiger partial charge in [-0.25, -0.2) is 13.9 Å². The summed E-state index contributed by atoms with van der Waals surface area (Å²) in [4.78, 5) is 21.1. The Kier molecular flexibility index (Phi) is 9.43. The summed E-state index contributed by atoms with van der Waals surface area (Å²) in [5, 5.41) is 3.02. The monoisotopic (exact) mass is 515 g/mol. The first kappa shape index (κ1) is 27.2. The maximum absolute atomic E-state index is 12.8. The van der Waals surface area contributed by atoms with Gasteiger partial charge in [0, 0.05) is 51.6 Å². The molecule has 0 fully saturated rings. The summed E-state index contributed by atoms with van der Waals surface area (Å²) in [7, 11) is 0.942. The fraction of sp³-hybridized carbons (Fsp3) is 0.400. The number of nitrogens with one attached hydrogen (secondary N) is 1. The second-order valence-electron chi connectivity index (χ2n) is 8.29. The van der Waals surface area contributed by atoms with Gasteiger partial charge in [-0.2, -0.15) is 12.7 Å². The van der Waals surface area contributed by atoms with Gasteiger partial charge in [-0.1, -0.05) is 18.2 Å². The number of nitrogens with zero attached hydrogens (tertiary/aromatic N) is 4. The van der Waals surface area contributed by atoms with E-state index in [9.17, 15) is 13.2 Å². The molecule has 10 nitrogen and oxygen atoms in total. The number of anilines is 1. The number of carbonyl (C=O) groups is 1. The van der Waals surface area contributed by atoms with Gasteiger partial charge in [0.1, 0.15) is 17.4 Å². The SMILES string of the molecule is CCOC(=O)CC(Cc1ccc(OCCc2cccc(NC)n2)cc1)c1nccn1S(=O)(=O)N(C)C. The quantitative estimate of drug-likeness (QED) is 0.346. The van der Waals surface area contributed by atoms with E-state index in [2.05, 4.69) is 15.3 Å². The third-order valence-electron chi connectivity index (χ3n) is 5.52. The molecule has 0 aliphatic rings. The number of benzene rings is 1. The predicted molar refractivity (Wildman–Crippen MR) is 137 cm³/mol. The van der Waals surface area contributed by atoms with Crippen LogP contribution in [-0.2, 0) is 32.6 Å². The molecule has 0 aliphatic heterocycles. The number of pyridine rings is 1. The Labute approximate surface area is 212 Å². The normalized spacial score (nSPS) is 12.4. The van der Waals surface area contributed by atoms with Crippen molar-refractivity contribution in [3.05, 3.63) is 71.9 Å². The zero-order chi connectivity index (χ0) is 26.1. The van der Waals surface area contributed by atoms with Gasteiger partial charge in [0.05, 0.1) is 19.6 Å². The fourth-order valence-electron chi connectivity index (χ4n) is 3.67. The minimum atomic E-state index is -3.79. The number of rotatable bonds is 13. The standard InChI is InChI=1S/C25H33N5O5S/c1-5-34-24(31)18-20(25-27-14-15-30(25)36(32,33)29(3)4)17-19-9-11-22(12-10-19)35-16-13-21-7-6-8-23(26-2)28-21/h6-12,14-15,20H,5,13,16-18H2,1-4H3,(H,26,28). The molecule has 1 atom stereocenters. The number of hydrogen-bond donors (Lipinski definition) is 1. The first-order valence-corrected chi connectivity index (χ1v) is 13.1. The van der Waals surface area contributed by atoms with Crippen LogP contribution in [0.4, 0.5) is 5.82 Å². The molecule has 0 amide bonds. The Balaban J connectivity index is 1.71. The van der Waals surface area contributed by atoms with Gasteiger partial charge in [0.25, 0.3) is 0 Å². The smallest absolute Gasteiger partial charge is 0.308 e. The van der Waals surface area contributed by atoms with Gasteiger partial charge in [-0.15, -0.1) is 0 Å². The van der Waals surface area contributed by atoms with Crippen molar-refractivity contribution in [2.45, 2.75) is 32.1 Å². The summed E-state index contributed by atoms with van der Waals surface area (Å²) in [5.74, 6) is 0.907. The molecule has 3 rings (SSSR count). The minimum absolute atomic E-state index is 0.00470. The molecule has 0 radical (unpaired) electrons. The average Bonchev–Trinajstić information content (AvgIpc) is 3.36. The summed E-state index contributed by atoms with van der Waals surface area (Å²) < 4.78 is 38.8. The van der Waals surface area contributed by atoms with E-state index in [-0.39, 0.29) is 18.9 Å². The summed E-state index contributed by atoms with van der Waals surface area (Å²) in [5.41, 5.74) is 1.85. The molecule has 1 unspecified atom stereocenters. The highest BCUT2D eigenvalue weighted by Gasteiger charge is 2.27. The van der Waals surface area contributed by atoms with E-state index in [1.165, 1.54) is 26.5 Å². The van der Waals surface area contributed by atoms with Crippen molar-refractivity contribution < 1.29 is 22.7 Å². The fourth-order valence-corrected chi connectivity index (χ4v) is 4.67. The first-order valence-electron chi connectivity index (χ1n) is 11.7. The van der Waals surface area contributed by atoms with E-state index in [4.69, 9.17) is 9.47 Å². The summed E-state index contributed by atoms with van der Waals surface area (Å²) >= 11 is 0. The van der Waals surface area contributed by atoms with Crippen molar-refractivity contribution >= 4 is 22.0 Å². The van der Waals surface area contributed by atoms with E-state index in [0.29, 0.717) is 25.2 Å². The largest absolute Gasteiger partial charge is 0.493 e. The van der Waals surface area contributed by atoms with E-state index >= 15 is 0 Å². The highest BCUT2D eigenvalue weighted by atomic mass is 32.2. The molecule has 2 heterocycles. The Hall–Kier alpha value is -3.44. The number of ether oxygens (including phenoxy) is 2. The van der Waals surface area contributed by atoms with Crippen molar-refractivity contribution in [3.63, 3.8) is 0 Å². The molecule has 2 aromatic heterocycles. The molecular formula is C25H33N5O5S. The lowest BCUT2D eigenvalue weighted by Gasteiger charge is -2.20. The van der Waals surface area contributed by atoms with Crippen LogP contribution >= 0.6 is 0 Å². The van der Waals surface area contributed by atoms with Crippen LogP contribution < -0.4 is 10.1 Å². The van der Waals surface area contributed by atoms with Crippen molar-refractivity contribution in [2.24, 2.45) is 0 Å². The third-order valence-corrected chi connectivity index (χ3v) is 7.25. The molecule has 1 N–H and O–H groups in total. The van der Waals surface area contributed by atoms with Crippen LogP contribution in [-0.4, -0.2) is 67.0 Å². The highest BCUT2D eigenvalue weighted by Crippen LogP contribution is 2.26. The number of esters is 1. The number of imidazole rings is 1. The first-order chi connectivity index (χ1) is 17.2. The molecule has 11 heteroatoms. The lowest BCUT2D eigenvalue weighted by Crippen LogP contribution is -2.31. The molecule has 0 spiro atoms. The van der Waals surface area contributed by atoms with E-state index in [0.717, 1.165) is 25.4 Å². The van der Waals surface area contributed by atoms with Crippen LogP contribution in [0.2, 0.25) is 0 Å². The van der Waals surface area contributed by atoms with Crippen molar-refractivity contribution in [1.29, 1.82) is 0 Å². The highest BCUT2D eigenvalue weighted by molar-refractivity contribution is 7.87. The van der Waals surface area contributed by atoms with Gasteiger partial charge < -0.3 is 14.8 Å². The van der Waals surface area contributed by atoms with Crippen LogP contribution in [0.1, 0.15) is 36.3 Å². The molecule has 0 aliphatic carbocycles. The average molecular weight is 516 g/mol. The maximum atomic E-state index is 12.8. The Morgan fingerprint density at radius 3 is 2.58 bits per heavy atom. The number of hydrogen-bond acceptors (Lipinski definition) is 8. The summed E-state index contributed by atoms with van der Waals surface area (Å²) in [6.07, 6.45) is 3.89. The Morgan fingerprint density at radius 2 is 1.92 bits per heavy atom. The van der Waals surface area contributed by atoms with Gasteiger partial charge in [0.15, 0.2) is 0 Å². The summed E-state index contributed by atoms with van der Waals surface area (Å²) in [6.45, 7) is 2.46. The Bertz CT molecular complexity index is 1240. The molecule has 194 valence electrons. The van der Waals surface area contributed by atoms with Gasteiger partial charge in [0.2, 0.25) is 0 Å². The second kappa shape index (κ2) is 12.5. The maximum Gasteiger partial charge on any atom is 0.308 e. The van der Waals surface area contributed by atoms with E-state index < -0.39 is 22.1 Å². The number of carbonyl (C=O) groups excluding carboxylic acids is 1. The lowest BCUT2D eigenvalue weighted by molar-refractivity contribution is -0.143. The van der Waals surface area contributed by atoms with E-state index in [1.54, 1.807) is 6.92 Å². The van der Waals surface area contributed by atoms with Crippen LogP contribution in [0.15, 0.2) is 54.9 Å². The molecular weight excluding hydrogens is 482 g/mol. The molecule has 0 saturated carbocycles. The lowest BCUT2D eigenvalue weighted by atomic mass is 9.95. The molecule has 1 aromatic carbocycles. The number of aromatic nitrogens is 3. The molecule has 0 bridgehead atoms. The minimum Gasteiger partial charge on any atom is -0.493 e. The van der Waals surface area contributed by atoms with Crippen LogP contribution in [0, 0.1) is 0 Å². The molecule has 3 aromatic rings. The molecule has 36 heavy (non-hydrogen) atoms. The van der Waals surface area contributed by atoms with E-state index in [1.807, 2.05) is 49.5 Å². The zero-order valence-electron chi connectivity index (χ0n) is 21.0. The second-order valence-corrected chi connectivity index (χ2v) is 10.3. The summed E-state index contributed by atoms with van der Waals surface area (Å²) in [6, 6.07) is 13.3. The molecule has 0 saturated heterocycles. The van der Waals surface area contributed by atoms with Crippen LogP contribution in [0.3, 0.4) is 0 Å². The van der Waals surface area contributed by atoms with Gasteiger partial charge >= 0.3 is 16.2 Å². The van der Waals surface area contributed by atoms with Crippen molar-refractivity contribution in [3.8, 4) is 5.75 Å². The van der Waals surface area contributed by atoms with Crippen molar-refractivity contribution in [2.75, 3.05) is 39.7 Å². The van der Waals surface area contributed by atoms with Gasteiger partial charge in [-0.05, 0) is 43.2 Å². The van der Waals surface area contributed by atoms with Gasteiger partial charge in [-0.3, -0.25) is 4.79 Å². The topological polar surface area (TPSA) is 116 Å². The Morgan fingerprint density at radius 1 is 1.17 bits per heavy atom. The zero-order valence-corrected chi connectivity index (χ0v) is 21.9. The van der Waals surface area contributed by atoms with Crippen molar-refractivity contribution in [1.82, 2.24) is 18.2 Å². The predicted octanol–water partition coefficient (Wildman–Crippen LogP) is 2.88. The van der Waals surface area contributed by atoms with Crippen LogP contribution in [0.5, 0.6) is 5.75 Å². The van der Waals surface area contributed by atoms with Crippen LogP contribution in [0.25, 0.3) is 0 Å².